The highest BCUT2D eigenvalue weighted by Crippen LogP contribution is 2.08. The van der Waals surface area contributed by atoms with Crippen molar-refractivity contribution in [2.75, 3.05) is 30.9 Å². The lowest BCUT2D eigenvalue weighted by Gasteiger charge is -2.15. The van der Waals surface area contributed by atoms with Gasteiger partial charge in [0.2, 0.25) is 11.9 Å². The molecule has 0 aliphatic rings. The summed E-state index contributed by atoms with van der Waals surface area (Å²) < 4.78 is 0. The molecule has 17 heavy (non-hydrogen) atoms. The number of carbonyl (C=O) groups is 1. The summed E-state index contributed by atoms with van der Waals surface area (Å²) in [6, 6.07) is 1.42. The number of nitrogens with one attached hydrogen (secondary N) is 2. The van der Waals surface area contributed by atoms with E-state index in [1.165, 1.54) is 0 Å². The third kappa shape index (κ3) is 3.90. The fourth-order valence-corrected chi connectivity index (χ4v) is 1.26. The van der Waals surface area contributed by atoms with Crippen LogP contribution in [0.4, 0.5) is 11.8 Å². The first-order chi connectivity index (χ1) is 8.04. The lowest BCUT2D eigenvalue weighted by atomic mass is 10.3. The monoisotopic (exact) mass is 237 g/mol. The van der Waals surface area contributed by atoms with Crippen LogP contribution in [0.1, 0.15) is 13.8 Å². The van der Waals surface area contributed by atoms with Crippen LogP contribution in [0, 0.1) is 0 Å². The lowest BCUT2D eigenvalue weighted by molar-refractivity contribution is -0.121. The van der Waals surface area contributed by atoms with Gasteiger partial charge in [-0.05, 0) is 19.9 Å². The maximum atomic E-state index is 11.5. The average molecular weight is 237 g/mol. The number of nitrogens with zero attached hydrogens (tertiary/aromatic N) is 3. The van der Waals surface area contributed by atoms with Gasteiger partial charge in [0.1, 0.15) is 11.9 Å². The number of hydrogen-bond acceptors (Lipinski definition) is 5. The predicted molar refractivity (Wildman–Crippen MR) is 68.1 cm³/mol. The van der Waals surface area contributed by atoms with Crippen LogP contribution in [-0.4, -0.2) is 42.6 Å². The summed E-state index contributed by atoms with van der Waals surface area (Å²) in [6.07, 6.45) is 1.66. The van der Waals surface area contributed by atoms with Gasteiger partial charge >= 0.3 is 0 Å². The minimum Gasteiger partial charge on any atom is -0.358 e. The van der Waals surface area contributed by atoms with Gasteiger partial charge in [-0.1, -0.05) is 0 Å². The number of carbonyl (C=O) groups excluding carboxylic acids is 1. The Labute approximate surface area is 101 Å². The van der Waals surface area contributed by atoms with Crippen molar-refractivity contribution in [1.29, 1.82) is 0 Å². The van der Waals surface area contributed by atoms with Gasteiger partial charge in [-0.15, -0.1) is 0 Å². The first-order valence-electron chi connectivity index (χ1n) is 5.59. The van der Waals surface area contributed by atoms with E-state index in [9.17, 15) is 4.79 Å². The number of aromatic nitrogens is 2. The van der Waals surface area contributed by atoms with Crippen LogP contribution in [0.3, 0.4) is 0 Å². The molecule has 1 rings (SSSR count). The van der Waals surface area contributed by atoms with Crippen LogP contribution in [0.2, 0.25) is 0 Å². The molecule has 1 aromatic rings. The van der Waals surface area contributed by atoms with Gasteiger partial charge in [-0.25, -0.2) is 4.98 Å². The molecule has 1 aromatic heterocycles. The Morgan fingerprint density at radius 2 is 2.24 bits per heavy atom. The summed E-state index contributed by atoms with van der Waals surface area (Å²) in [6.45, 7) is 4.31. The zero-order chi connectivity index (χ0) is 12.8. The number of amides is 1. The van der Waals surface area contributed by atoms with Gasteiger partial charge in [-0.3, -0.25) is 4.79 Å². The van der Waals surface area contributed by atoms with Crippen molar-refractivity contribution in [3.05, 3.63) is 12.3 Å². The normalized spacial score (nSPS) is 11.8. The van der Waals surface area contributed by atoms with Crippen molar-refractivity contribution >= 4 is 17.7 Å². The average Bonchev–Trinajstić information content (AvgIpc) is 2.29. The molecule has 94 valence electrons. The Hall–Kier alpha value is -1.85. The van der Waals surface area contributed by atoms with E-state index in [-0.39, 0.29) is 11.9 Å². The van der Waals surface area contributed by atoms with Crippen LogP contribution in [0.5, 0.6) is 0 Å². The van der Waals surface area contributed by atoms with E-state index in [1.807, 2.05) is 25.9 Å². The molecule has 0 saturated heterocycles. The zero-order valence-electron chi connectivity index (χ0n) is 10.7. The maximum absolute atomic E-state index is 11.5. The molecule has 0 radical (unpaired) electrons. The topological polar surface area (TPSA) is 70.2 Å². The molecule has 1 unspecified atom stereocenters. The highest BCUT2D eigenvalue weighted by Gasteiger charge is 2.12. The molecule has 2 N–H and O–H groups in total. The fourth-order valence-electron chi connectivity index (χ4n) is 1.26. The number of anilines is 2. The molecule has 1 heterocycles. The first-order valence-corrected chi connectivity index (χ1v) is 5.59. The Balaban J connectivity index is 2.68. The summed E-state index contributed by atoms with van der Waals surface area (Å²) in [5, 5.41) is 5.78. The first kappa shape index (κ1) is 13.2. The third-order valence-corrected chi connectivity index (χ3v) is 2.15. The molecule has 0 saturated carbocycles. The molecule has 1 amide bonds. The van der Waals surface area contributed by atoms with Crippen molar-refractivity contribution in [3.8, 4) is 0 Å². The standard InChI is InChI=1S/C11H19N5O/c1-5-12-10(17)8(2)14-9-6-7-13-11(15-9)16(3)4/h6-8H,5H2,1-4H3,(H,12,17)(H,13,14,15). The zero-order valence-corrected chi connectivity index (χ0v) is 10.7. The second-order valence-electron chi connectivity index (χ2n) is 3.90. The summed E-state index contributed by atoms with van der Waals surface area (Å²) >= 11 is 0. The van der Waals surface area contributed by atoms with Crippen molar-refractivity contribution in [3.63, 3.8) is 0 Å². The van der Waals surface area contributed by atoms with Crippen molar-refractivity contribution in [2.45, 2.75) is 19.9 Å². The second-order valence-corrected chi connectivity index (χ2v) is 3.90. The van der Waals surface area contributed by atoms with Crippen LogP contribution >= 0.6 is 0 Å². The molecule has 6 heteroatoms. The SMILES string of the molecule is CCNC(=O)C(C)Nc1ccnc(N(C)C)n1. The Morgan fingerprint density at radius 3 is 2.82 bits per heavy atom. The van der Waals surface area contributed by atoms with Gasteiger partial charge in [0.15, 0.2) is 0 Å². The van der Waals surface area contributed by atoms with E-state index in [2.05, 4.69) is 20.6 Å². The lowest BCUT2D eigenvalue weighted by Crippen LogP contribution is -2.37. The minimum absolute atomic E-state index is 0.0440. The molecule has 0 fully saturated rings. The van der Waals surface area contributed by atoms with E-state index in [0.717, 1.165) is 0 Å². The van der Waals surface area contributed by atoms with Crippen LogP contribution in [0.25, 0.3) is 0 Å². The fraction of sp³-hybridized carbons (Fsp3) is 0.545. The van der Waals surface area contributed by atoms with Crippen molar-refractivity contribution in [2.24, 2.45) is 0 Å². The van der Waals surface area contributed by atoms with Gasteiger partial charge in [0.25, 0.3) is 0 Å². The highest BCUT2D eigenvalue weighted by molar-refractivity contribution is 5.83. The predicted octanol–water partition coefficient (Wildman–Crippen LogP) is 0.479. The number of rotatable bonds is 5. The maximum Gasteiger partial charge on any atom is 0.242 e. The Morgan fingerprint density at radius 1 is 1.53 bits per heavy atom. The van der Waals surface area contributed by atoms with Gasteiger partial charge in [0.05, 0.1) is 0 Å². The summed E-state index contributed by atoms with van der Waals surface area (Å²) in [5.41, 5.74) is 0. The van der Waals surface area contributed by atoms with Gasteiger partial charge in [0, 0.05) is 26.8 Å². The Kier molecular flexibility index (Phi) is 4.68. The number of hydrogen-bond donors (Lipinski definition) is 2. The van der Waals surface area contributed by atoms with E-state index >= 15 is 0 Å². The third-order valence-electron chi connectivity index (χ3n) is 2.15. The summed E-state index contributed by atoms with van der Waals surface area (Å²) in [5.74, 6) is 1.21. The number of likely N-dealkylation sites (N-methyl/N-ethyl adjacent to an activating group) is 1. The molecule has 0 bridgehead atoms. The molecule has 0 spiro atoms. The molecule has 0 aromatic carbocycles. The highest BCUT2D eigenvalue weighted by atomic mass is 16.2. The largest absolute Gasteiger partial charge is 0.358 e. The van der Waals surface area contributed by atoms with Gasteiger partial charge in [-0.2, -0.15) is 4.98 Å². The smallest absolute Gasteiger partial charge is 0.242 e. The van der Waals surface area contributed by atoms with Crippen LogP contribution < -0.4 is 15.5 Å². The molecular formula is C11H19N5O. The molecule has 1 atom stereocenters. The second kappa shape index (κ2) is 6.03. The minimum atomic E-state index is -0.320. The molecule has 6 nitrogen and oxygen atoms in total. The molecular weight excluding hydrogens is 218 g/mol. The van der Waals surface area contributed by atoms with E-state index in [1.54, 1.807) is 19.2 Å². The van der Waals surface area contributed by atoms with Crippen LogP contribution in [-0.2, 0) is 4.79 Å². The van der Waals surface area contributed by atoms with Gasteiger partial charge < -0.3 is 15.5 Å². The Bertz CT molecular complexity index is 380. The molecule has 0 aliphatic carbocycles. The summed E-state index contributed by atoms with van der Waals surface area (Å²) in [7, 11) is 3.73. The molecule has 0 aliphatic heterocycles. The van der Waals surface area contributed by atoms with E-state index < -0.39 is 0 Å². The van der Waals surface area contributed by atoms with E-state index in [0.29, 0.717) is 18.3 Å². The van der Waals surface area contributed by atoms with Crippen molar-refractivity contribution in [1.82, 2.24) is 15.3 Å². The van der Waals surface area contributed by atoms with Crippen LogP contribution in [0.15, 0.2) is 12.3 Å². The van der Waals surface area contributed by atoms with Crippen molar-refractivity contribution < 1.29 is 4.79 Å². The quantitative estimate of drug-likeness (QED) is 0.779. The summed E-state index contributed by atoms with van der Waals surface area (Å²) in [4.78, 5) is 21.7. The van der Waals surface area contributed by atoms with E-state index in [4.69, 9.17) is 0 Å².